The fourth-order valence-corrected chi connectivity index (χ4v) is 2.72. The van der Waals surface area contributed by atoms with Crippen LogP contribution in [0.15, 0.2) is 24.4 Å². The maximum Gasteiger partial charge on any atom is 0.272 e. The molecule has 1 aliphatic heterocycles. The highest BCUT2D eigenvalue weighted by Crippen LogP contribution is 2.27. The zero-order valence-electron chi connectivity index (χ0n) is 11.9. The molecule has 1 saturated heterocycles. The topological polar surface area (TPSA) is 83.8 Å². The molecule has 110 valence electrons. The number of nitro benzene ring substituents is 1. The molecule has 21 heavy (non-hydrogen) atoms. The first kappa shape index (κ1) is 13.8. The second-order valence-corrected chi connectivity index (χ2v) is 5.44. The lowest BCUT2D eigenvalue weighted by Crippen LogP contribution is -2.27. The summed E-state index contributed by atoms with van der Waals surface area (Å²) in [5.41, 5.74) is 2.42. The number of aromatic nitrogens is 2. The van der Waals surface area contributed by atoms with Gasteiger partial charge in [-0.2, -0.15) is 0 Å². The summed E-state index contributed by atoms with van der Waals surface area (Å²) in [5.74, 6) is 0.910. The third-order valence-corrected chi connectivity index (χ3v) is 3.95. The molecule has 1 aromatic carbocycles. The van der Waals surface area contributed by atoms with Gasteiger partial charge in [-0.3, -0.25) is 10.1 Å². The molecule has 6 nitrogen and oxygen atoms in total. The molecular formula is C15H18N4O2. The largest absolute Gasteiger partial charge is 0.341 e. The Kier molecular flexibility index (Phi) is 3.70. The van der Waals surface area contributed by atoms with E-state index in [0.717, 1.165) is 30.0 Å². The molecule has 0 saturated carbocycles. The summed E-state index contributed by atoms with van der Waals surface area (Å²) in [6.07, 6.45) is 5.22. The van der Waals surface area contributed by atoms with Gasteiger partial charge in [0.1, 0.15) is 5.82 Å². The molecule has 2 N–H and O–H groups in total. The number of imidazole rings is 1. The molecular weight excluding hydrogens is 268 g/mol. The van der Waals surface area contributed by atoms with E-state index in [1.54, 1.807) is 25.3 Å². The summed E-state index contributed by atoms with van der Waals surface area (Å²) in [7, 11) is 0. The Morgan fingerprint density at radius 1 is 1.38 bits per heavy atom. The van der Waals surface area contributed by atoms with E-state index < -0.39 is 0 Å². The summed E-state index contributed by atoms with van der Waals surface area (Å²) >= 11 is 0. The Hall–Kier alpha value is -2.21. The van der Waals surface area contributed by atoms with Crippen LogP contribution in [0.5, 0.6) is 0 Å². The SMILES string of the molecule is Cc1ccc(-c2cnc(C3CCCCN3)[nH]2)cc1[N+](=O)[O-]. The van der Waals surface area contributed by atoms with E-state index in [1.807, 2.05) is 6.07 Å². The molecule has 1 aliphatic rings. The second kappa shape index (κ2) is 5.65. The van der Waals surface area contributed by atoms with Crippen molar-refractivity contribution in [1.82, 2.24) is 15.3 Å². The van der Waals surface area contributed by atoms with Gasteiger partial charge >= 0.3 is 0 Å². The van der Waals surface area contributed by atoms with Crippen molar-refractivity contribution in [2.45, 2.75) is 32.2 Å². The average Bonchev–Trinajstić information content (AvgIpc) is 2.98. The molecule has 1 aromatic heterocycles. The first-order chi connectivity index (χ1) is 10.1. The molecule has 0 spiro atoms. The van der Waals surface area contributed by atoms with Gasteiger partial charge in [0.05, 0.1) is 22.9 Å². The third-order valence-electron chi connectivity index (χ3n) is 3.95. The number of nitrogens with zero attached hydrogens (tertiary/aromatic N) is 2. The van der Waals surface area contributed by atoms with Gasteiger partial charge in [0.25, 0.3) is 5.69 Å². The van der Waals surface area contributed by atoms with Crippen molar-refractivity contribution in [1.29, 1.82) is 0 Å². The Morgan fingerprint density at radius 3 is 2.95 bits per heavy atom. The Balaban J connectivity index is 1.89. The number of nitrogens with one attached hydrogen (secondary N) is 2. The molecule has 0 radical (unpaired) electrons. The van der Waals surface area contributed by atoms with Gasteiger partial charge in [-0.05, 0) is 26.3 Å². The van der Waals surface area contributed by atoms with Crippen LogP contribution in [0.1, 0.15) is 36.7 Å². The summed E-state index contributed by atoms with van der Waals surface area (Å²) in [4.78, 5) is 18.4. The van der Waals surface area contributed by atoms with E-state index in [4.69, 9.17) is 0 Å². The molecule has 1 fully saturated rings. The third kappa shape index (κ3) is 2.80. The van der Waals surface area contributed by atoms with Crippen LogP contribution in [0.3, 0.4) is 0 Å². The average molecular weight is 286 g/mol. The molecule has 1 unspecified atom stereocenters. The molecule has 0 amide bonds. The summed E-state index contributed by atoms with van der Waals surface area (Å²) in [5, 5.41) is 14.5. The van der Waals surface area contributed by atoms with Crippen LogP contribution < -0.4 is 5.32 Å². The monoisotopic (exact) mass is 286 g/mol. The molecule has 0 aliphatic carbocycles. The Labute approximate surface area is 122 Å². The Bertz CT molecular complexity index is 659. The van der Waals surface area contributed by atoms with Crippen molar-refractivity contribution in [3.05, 3.63) is 45.9 Å². The maximum atomic E-state index is 11.0. The number of rotatable bonds is 3. The first-order valence-electron chi connectivity index (χ1n) is 7.19. The number of H-pyrrole nitrogens is 1. The Morgan fingerprint density at radius 2 is 2.24 bits per heavy atom. The number of nitro groups is 1. The van der Waals surface area contributed by atoms with Crippen LogP contribution in [0.4, 0.5) is 5.69 Å². The summed E-state index contributed by atoms with van der Waals surface area (Å²) in [6.45, 7) is 2.75. The minimum absolute atomic E-state index is 0.138. The lowest BCUT2D eigenvalue weighted by atomic mass is 10.0. The molecule has 0 bridgehead atoms. The number of hydrogen-bond donors (Lipinski definition) is 2. The van der Waals surface area contributed by atoms with Crippen LogP contribution in [-0.2, 0) is 0 Å². The van der Waals surface area contributed by atoms with Gasteiger partial charge < -0.3 is 10.3 Å². The van der Waals surface area contributed by atoms with E-state index in [9.17, 15) is 10.1 Å². The standard InChI is InChI=1S/C15H18N4O2/c1-10-5-6-11(8-14(10)19(20)21)13-9-17-15(18-13)12-4-2-3-7-16-12/h5-6,8-9,12,16H,2-4,7H2,1H3,(H,17,18). The fourth-order valence-electron chi connectivity index (χ4n) is 2.72. The van der Waals surface area contributed by atoms with E-state index >= 15 is 0 Å². The molecule has 6 heteroatoms. The van der Waals surface area contributed by atoms with E-state index in [-0.39, 0.29) is 16.7 Å². The highest BCUT2D eigenvalue weighted by atomic mass is 16.6. The minimum Gasteiger partial charge on any atom is -0.341 e. The number of aromatic amines is 1. The summed E-state index contributed by atoms with van der Waals surface area (Å²) < 4.78 is 0. The van der Waals surface area contributed by atoms with Crippen molar-refractivity contribution in [2.24, 2.45) is 0 Å². The first-order valence-corrected chi connectivity index (χ1v) is 7.19. The molecule has 1 atom stereocenters. The summed E-state index contributed by atoms with van der Waals surface area (Å²) in [6, 6.07) is 5.51. The van der Waals surface area contributed by atoms with Crippen molar-refractivity contribution in [3.8, 4) is 11.3 Å². The van der Waals surface area contributed by atoms with Crippen molar-refractivity contribution in [3.63, 3.8) is 0 Å². The van der Waals surface area contributed by atoms with E-state index in [2.05, 4.69) is 15.3 Å². The normalized spacial score (nSPS) is 18.6. The highest BCUT2D eigenvalue weighted by Gasteiger charge is 2.19. The van der Waals surface area contributed by atoms with Crippen LogP contribution in [0.25, 0.3) is 11.3 Å². The lowest BCUT2D eigenvalue weighted by molar-refractivity contribution is -0.385. The number of benzene rings is 1. The van der Waals surface area contributed by atoms with Crippen LogP contribution in [0.2, 0.25) is 0 Å². The molecule has 2 heterocycles. The van der Waals surface area contributed by atoms with Gasteiger partial charge in [-0.15, -0.1) is 0 Å². The zero-order valence-corrected chi connectivity index (χ0v) is 11.9. The van der Waals surface area contributed by atoms with E-state index in [0.29, 0.717) is 5.56 Å². The number of piperidine rings is 1. The molecule has 2 aromatic rings. The van der Waals surface area contributed by atoms with Crippen molar-refractivity contribution >= 4 is 5.69 Å². The smallest absolute Gasteiger partial charge is 0.272 e. The second-order valence-electron chi connectivity index (χ2n) is 5.44. The van der Waals surface area contributed by atoms with Gasteiger partial charge in [0.15, 0.2) is 0 Å². The van der Waals surface area contributed by atoms with Crippen LogP contribution >= 0.6 is 0 Å². The lowest BCUT2D eigenvalue weighted by Gasteiger charge is -2.21. The van der Waals surface area contributed by atoms with Gasteiger partial charge in [-0.25, -0.2) is 4.98 Å². The van der Waals surface area contributed by atoms with Crippen LogP contribution in [-0.4, -0.2) is 21.4 Å². The predicted molar refractivity (Wildman–Crippen MR) is 80.0 cm³/mol. The van der Waals surface area contributed by atoms with E-state index in [1.165, 1.54) is 12.8 Å². The minimum atomic E-state index is -0.348. The number of hydrogen-bond acceptors (Lipinski definition) is 4. The van der Waals surface area contributed by atoms with Gasteiger partial charge in [0.2, 0.25) is 0 Å². The quantitative estimate of drug-likeness (QED) is 0.670. The number of aryl methyl sites for hydroxylation is 1. The fraction of sp³-hybridized carbons (Fsp3) is 0.400. The zero-order chi connectivity index (χ0) is 14.8. The van der Waals surface area contributed by atoms with Gasteiger partial charge in [0, 0.05) is 17.2 Å². The highest BCUT2D eigenvalue weighted by molar-refractivity contribution is 5.63. The maximum absolute atomic E-state index is 11.0. The van der Waals surface area contributed by atoms with Crippen LogP contribution in [0, 0.1) is 17.0 Å². The predicted octanol–water partition coefficient (Wildman–Crippen LogP) is 3.11. The van der Waals surface area contributed by atoms with Crippen molar-refractivity contribution in [2.75, 3.05) is 6.54 Å². The van der Waals surface area contributed by atoms with Gasteiger partial charge in [-0.1, -0.05) is 18.6 Å². The van der Waals surface area contributed by atoms with Crippen molar-refractivity contribution < 1.29 is 4.92 Å². The molecule has 3 rings (SSSR count).